The first-order valence-electron chi connectivity index (χ1n) is 3.68. The predicted octanol–water partition coefficient (Wildman–Crippen LogP) is 2.41. The zero-order valence-corrected chi connectivity index (χ0v) is 6.93. The molecule has 0 N–H and O–H groups in total. The molecular weight excluding hydrogens is 176 g/mol. The molecule has 0 aromatic rings. The highest BCUT2D eigenvalue weighted by Crippen LogP contribution is 2.79. The van der Waals surface area contributed by atoms with Crippen LogP contribution in [0.25, 0.3) is 0 Å². The second kappa shape index (κ2) is 1.16. The molecule has 48 valence electrons. The van der Waals surface area contributed by atoms with Crippen LogP contribution in [0, 0.1) is 29.6 Å². The van der Waals surface area contributed by atoms with Crippen LogP contribution in [0.5, 0.6) is 0 Å². The summed E-state index contributed by atoms with van der Waals surface area (Å²) in [6.45, 7) is 2.34. The molecule has 0 nitrogen and oxygen atoms in total. The summed E-state index contributed by atoms with van der Waals surface area (Å²) in [7, 11) is 0. The van der Waals surface area contributed by atoms with Crippen LogP contribution in [-0.4, -0.2) is 0 Å². The molecule has 0 radical (unpaired) electrons. The number of halogens is 1. The molecule has 0 saturated heterocycles. The standard InChI is InChI=1S/C8H9Br/c1-3-5(9)2-4-7-6(3)8(4)7/h2-4,6-8H,1H3/t3-,4?,6?,7-,8?/m0/s1. The molecule has 0 aromatic heterocycles. The lowest BCUT2D eigenvalue weighted by Gasteiger charge is -2.22. The van der Waals surface area contributed by atoms with Gasteiger partial charge in [0.05, 0.1) is 0 Å². The third kappa shape index (κ3) is 0.399. The van der Waals surface area contributed by atoms with Crippen LogP contribution in [0.15, 0.2) is 10.6 Å². The molecule has 0 aromatic carbocycles. The fraction of sp³-hybridized carbons (Fsp3) is 0.750. The van der Waals surface area contributed by atoms with E-state index in [0.29, 0.717) is 0 Å². The molecule has 0 heterocycles. The van der Waals surface area contributed by atoms with E-state index >= 15 is 0 Å². The van der Waals surface area contributed by atoms with E-state index in [1.165, 1.54) is 4.48 Å². The van der Waals surface area contributed by atoms with Gasteiger partial charge in [-0.1, -0.05) is 28.9 Å². The van der Waals surface area contributed by atoms with Gasteiger partial charge < -0.3 is 0 Å². The molecule has 3 unspecified atom stereocenters. The highest BCUT2D eigenvalue weighted by molar-refractivity contribution is 9.11. The average molecular weight is 185 g/mol. The number of hydrogen-bond donors (Lipinski definition) is 0. The Morgan fingerprint density at radius 1 is 1.33 bits per heavy atom. The number of hydrogen-bond acceptors (Lipinski definition) is 0. The predicted molar refractivity (Wildman–Crippen MR) is 40.1 cm³/mol. The van der Waals surface area contributed by atoms with E-state index in [-0.39, 0.29) is 0 Å². The van der Waals surface area contributed by atoms with Gasteiger partial charge in [-0.25, -0.2) is 0 Å². The van der Waals surface area contributed by atoms with Crippen LogP contribution in [0.2, 0.25) is 0 Å². The van der Waals surface area contributed by atoms with Crippen molar-refractivity contribution in [3.05, 3.63) is 10.6 Å². The van der Waals surface area contributed by atoms with Crippen molar-refractivity contribution < 1.29 is 0 Å². The highest BCUT2D eigenvalue weighted by atomic mass is 79.9. The zero-order valence-electron chi connectivity index (χ0n) is 5.34. The molecule has 4 aliphatic rings. The Morgan fingerprint density at radius 2 is 2.00 bits per heavy atom. The number of rotatable bonds is 0. The zero-order chi connectivity index (χ0) is 6.17. The molecule has 4 rings (SSSR count). The Balaban J connectivity index is 2.04. The second-order valence-electron chi connectivity index (χ2n) is 3.65. The van der Waals surface area contributed by atoms with E-state index in [9.17, 15) is 0 Å². The molecule has 4 aliphatic carbocycles. The van der Waals surface area contributed by atoms with E-state index in [0.717, 1.165) is 29.6 Å². The van der Waals surface area contributed by atoms with Gasteiger partial charge in [0, 0.05) is 0 Å². The van der Waals surface area contributed by atoms with Gasteiger partial charge in [-0.2, -0.15) is 0 Å². The van der Waals surface area contributed by atoms with E-state index in [1.54, 1.807) is 0 Å². The first-order chi connectivity index (χ1) is 4.30. The van der Waals surface area contributed by atoms with Crippen LogP contribution >= 0.6 is 15.9 Å². The second-order valence-corrected chi connectivity index (χ2v) is 4.57. The topological polar surface area (TPSA) is 0 Å². The van der Waals surface area contributed by atoms with Crippen molar-refractivity contribution in [3.8, 4) is 0 Å². The lowest BCUT2D eigenvalue weighted by Crippen LogP contribution is -2.14. The largest absolute Gasteiger partial charge is 0.0704 e. The summed E-state index contributed by atoms with van der Waals surface area (Å²) in [5, 5.41) is 0. The van der Waals surface area contributed by atoms with Gasteiger partial charge in [0.2, 0.25) is 0 Å². The molecule has 2 bridgehead atoms. The molecule has 0 aliphatic heterocycles. The van der Waals surface area contributed by atoms with Gasteiger partial charge in [0.15, 0.2) is 0 Å². The number of allylic oxidation sites excluding steroid dienone is 2. The van der Waals surface area contributed by atoms with Crippen molar-refractivity contribution in [1.82, 2.24) is 0 Å². The Hall–Kier alpha value is 0.220. The monoisotopic (exact) mass is 184 g/mol. The Kier molecular flexibility index (Phi) is 0.638. The van der Waals surface area contributed by atoms with Crippen molar-refractivity contribution in [2.24, 2.45) is 29.6 Å². The molecule has 5 atom stereocenters. The summed E-state index contributed by atoms with van der Waals surface area (Å²) in [4.78, 5) is 0. The summed E-state index contributed by atoms with van der Waals surface area (Å²) in [5.74, 6) is 5.24. The van der Waals surface area contributed by atoms with Crippen LogP contribution in [-0.2, 0) is 0 Å². The highest BCUT2D eigenvalue weighted by Gasteiger charge is 2.75. The summed E-state index contributed by atoms with van der Waals surface area (Å²) in [6.07, 6.45) is 2.43. The first-order valence-corrected chi connectivity index (χ1v) is 4.47. The molecule has 9 heavy (non-hydrogen) atoms. The summed E-state index contributed by atoms with van der Waals surface area (Å²) < 4.78 is 1.47. The summed E-state index contributed by atoms with van der Waals surface area (Å²) in [6, 6.07) is 0. The Bertz CT molecular complexity index is 197. The quantitative estimate of drug-likeness (QED) is 0.543. The Morgan fingerprint density at radius 3 is 2.44 bits per heavy atom. The molecular formula is C8H9Br. The summed E-state index contributed by atoms with van der Waals surface area (Å²) >= 11 is 3.60. The minimum absolute atomic E-state index is 0.852. The maximum atomic E-state index is 3.60. The van der Waals surface area contributed by atoms with Crippen LogP contribution in [0.3, 0.4) is 0 Å². The van der Waals surface area contributed by atoms with Gasteiger partial charge in [-0.15, -0.1) is 0 Å². The fourth-order valence-corrected chi connectivity index (χ4v) is 3.16. The maximum absolute atomic E-state index is 3.60. The smallest absolute Gasteiger partial charge is 0.00550 e. The maximum Gasteiger partial charge on any atom is -0.00550 e. The first kappa shape index (κ1) is 4.95. The van der Waals surface area contributed by atoms with Crippen LogP contribution < -0.4 is 0 Å². The SMILES string of the molecule is C[C@H]1C(Br)=CC2C3C1[C@H]23. The third-order valence-electron chi connectivity index (χ3n) is 3.30. The van der Waals surface area contributed by atoms with Crippen molar-refractivity contribution in [2.45, 2.75) is 6.92 Å². The van der Waals surface area contributed by atoms with E-state index < -0.39 is 0 Å². The molecule has 0 spiro atoms. The van der Waals surface area contributed by atoms with Crippen molar-refractivity contribution in [2.75, 3.05) is 0 Å². The molecule has 0 amide bonds. The van der Waals surface area contributed by atoms with Gasteiger partial charge in [-0.3, -0.25) is 0 Å². The third-order valence-corrected chi connectivity index (χ3v) is 4.29. The van der Waals surface area contributed by atoms with Crippen molar-refractivity contribution in [3.63, 3.8) is 0 Å². The van der Waals surface area contributed by atoms with Crippen LogP contribution in [0.4, 0.5) is 0 Å². The molecule has 2 fully saturated rings. The average Bonchev–Trinajstić information content (AvgIpc) is 2.61. The lowest BCUT2D eigenvalue weighted by molar-refractivity contribution is 0.411. The van der Waals surface area contributed by atoms with E-state index in [1.807, 2.05) is 0 Å². The van der Waals surface area contributed by atoms with Gasteiger partial charge >= 0.3 is 0 Å². The minimum Gasteiger partial charge on any atom is -0.0704 e. The Labute approximate surface area is 63.5 Å². The van der Waals surface area contributed by atoms with Crippen LogP contribution in [0.1, 0.15) is 6.92 Å². The summed E-state index contributed by atoms with van der Waals surface area (Å²) in [5.41, 5.74) is 0. The van der Waals surface area contributed by atoms with Crippen molar-refractivity contribution in [1.29, 1.82) is 0 Å². The van der Waals surface area contributed by atoms with Gasteiger partial charge in [0.1, 0.15) is 0 Å². The fourth-order valence-electron chi connectivity index (χ4n) is 2.55. The van der Waals surface area contributed by atoms with E-state index in [4.69, 9.17) is 0 Å². The van der Waals surface area contributed by atoms with E-state index in [2.05, 4.69) is 28.9 Å². The number of fused-ring (bicyclic) bond motifs is 1. The minimum atomic E-state index is 0.852. The molecule has 2 saturated carbocycles. The van der Waals surface area contributed by atoms with Crippen molar-refractivity contribution >= 4 is 15.9 Å². The molecule has 1 heteroatoms. The van der Waals surface area contributed by atoms with Gasteiger partial charge in [0.25, 0.3) is 0 Å². The normalized spacial score (nSPS) is 66.4. The lowest BCUT2D eigenvalue weighted by atomic mass is 9.87. The van der Waals surface area contributed by atoms with Gasteiger partial charge in [-0.05, 0) is 34.1 Å².